The number of rotatable bonds is 2. The van der Waals surface area contributed by atoms with Crippen LogP contribution in [0.4, 0.5) is 4.39 Å². The van der Waals surface area contributed by atoms with E-state index < -0.39 is 0 Å². The van der Waals surface area contributed by atoms with E-state index in [0.29, 0.717) is 16.9 Å². The molecule has 1 aromatic carbocycles. The highest BCUT2D eigenvalue weighted by atomic mass is 35.5. The fraction of sp³-hybridized carbons (Fsp3) is 0.600. The molecule has 100 valence electrons. The molecule has 0 aliphatic heterocycles. The van der Waals surface area contributed by atoms with Gasteiger partial charge in [0.1, 0.15) is 5.82 Å². The average Bonchev–Trinajstić information content (AvgIpc) is 2.30. The van der Waals surface area contributed by atoms with Gasteiger partial charge in [-0.05, 0) is 48.8 Å². The first-order valence-corrected chi connectivity index (χ1v) is 7.07. The van der Waals surface area contributed by atoms with E-state index in [9.17, 15) is 4.39 Å². The number of nitrogens with two attached hydrogens (primary N) is 1. The highest BCUT2D eigenvalue weighted by Crippen LogP contribution is 2.39. The molecule has 1 saturated carbocycles. The van der Waals surface area contributed by atoms with Crippen LogP contribution in [0, 0.1) is 17.7 Å². The van der Waals surface area contributed by atoms with Gasteiger partial charge >= 0.3 is 0 Å². The number of hydrogen-bond acceptors (Lipinski definition) is 1. The van der Waals surface area contributed by atoms with Crippen molar-refractivity contribution in [3.63, 3.8) is 0 Å². The van der Waals surface area contributed by atoms with Crippen LogP contribution in [0.1, 0.15) is 44.6 Å². The lowest BCUT2D eigenvalue weighted by molar-refractivity contribution is 0.230. The number of halogens is 2. The molecule has 0 heterocycles. The summed E-state index contributed by atoms with van der Waals surface area (Å²) in [6.07, 6.45) is 3.12. The SMILES string of the molecule is CC(C)C1CCC(N)C(c2ccc(Cl)cc2F)C1. The van der Waals surface area contributed by atoms with E-state index in [1.54, 1.807) is 12.1 Å². The first-order chi connectivity index (χ1) is 8.49. The van der Waals surface area contributed by atoms with E-state index in [-0.39, 0.29) is 17.8 Å². The van der Waals surface area contributed by atoms with Crippen molar-refractivity contribution in [2.45, 2.75) is 45.1 Å². The first kappa shape index (κ1) is 13.8. The molecule has 2 rings (SSSR count). The third kappa shape index (κ3) is 2.86. The minimum Gasteiger partial charge on any atom is -0.327 e. The van der Waals surface area contributed by atoms with Crippen LogP contribution in [0.5, 0.6) is 0 Å². The monoisotopic (exact) mass is 269 g/mol. The van der Waals surface area contributed by atoms with E-state index in [0.717, 1.165) is 24.8 Å². The maximum Gasteiger partial charge on any atom is 0.128 e. The van der Waals surface area contributed by atoms with Crippen LogP contribution in [0.3, 0.4) is 0 Å². The summed E-state index contributed by atoms with van der Waals surface area (Å²) in [6, 6.07) is 5.01. The van der Waals surface area contributed by atoms with Gasteiger partial charge in [0, 0.05) is 17.0 Å². The quantitative estimate of drug-likeness (QED) is 0.849. The van der Waals surface area contributed by atoms with Crippen molar-refractivity contribution in [2.75, 3.05) is 0 Å². The van der Waals surface area contributed by atoms with E-state index in [1.165, 1.54) is 6.07 Å². The predicted octanol–water partition coefficient (Wildman–Crippen LogP) is 4.35. The van der Waals surface area contributed by atoms with Crippen molar-refractivity contribution < 1.29 is 4.39 Å². The van der Waals surface area contributed by atoms with Gasteiger partial charge in [0.25, 0.3) is 0 Å². The highest BCUT2D eigenvalue weighted by molar-refractivity contribution is 6.30. The number of benzene rings is 1. The van der Waals surface area contributed by atoms with Crippen LogP contribution in [0.2, 0.25) is 5.02 Å². The fourth-order valence-electron chi connectivity index (χ4n) is 2.99. The zero-order valence-corrected chi connectivity index (χ0v) is 11.8. The smallest absolute Gasteiger partial charge is 0.128 e. The van der Waals surface area contributed by atoms with Gasteiger partial charge in [-0.15, -0.1) is 0 Å². The zero-order chi connectivity index (χ0) is 13.3. The second-order valence-corrected chi connectivity index (χ2v) is 6.19. The molecule has 2 N–H and O–H groups in total. The predicted molar refractivity (Wildman–Crippen MR) is 74.3 cm³/mol. The molecular weight excluding hydrogens is 249 g/mol. The Morgan fingerprint density at radius 1 is 1.33 bits per heavy atom. The Morgan fingerprint density at radius 3 is 2.67 bits per heavy atom. The minimum absolute atomic E-state index is 0.0654. The molecule has 18 heavy (non-hydrogen) atoms. The van der Waals surface area contributed by atoms with Crippen LogP contribution in [-0.2, 0) is 0 Å². The van der Waals surface area contributed by atoms with Crippen LogP contribution in [0.15, 0.2) is 18.2 Å². The summed E-state index contributed by atoms with van der Waals surface area (Å²) in [5.74, 6) is 1.19. The van der Waals surface area contributed by atoms with Gasteiger partial charge in [0.15, 0.2) is 0 Å². The molecule has 3 unspecified atom stereocenters. The Kier molecular flexibility index (Phi) is 4.29. The van der Waals surface area contributed by atoms with Gasteiger partial charge in [-0.1, -0.05) is 31.5 Å². The molecule has 1 nitrogen and oxygen atoms in total. The van der Waals surface area contributed by atoms with Gasteiger partial charge in [0.05, 0.1) is 0 Å². The van der Waals surface area contributed by atoms with Crippen molar-refractivity contribution in [2.24, 2.45) is 17.6 Å². The maximum atomic E-state index is 14.0. The van der Waals surface area contributed by atoms with E-state index in [1.807, 2.05) is 0 Å². The Balaban J connectivity index is 2.24. The lowest BCUT2D eigenvalue weighted by Gasteiger charge is -2.36. The summed E-state index contributed by atoms with van der Waals surface area (Å²) in [4.78, 5) is 0. The molecular formula is C15H21ClFN. The number of hydrogen-bond donors (Lipinski definition) is 1. The first-order valence-electron chi connectivity index (χ1n) is 6.69. The van der Waals surface area contributed by atoms with Gasteiger partial charge in [-0.25, -0.2) is 4.39 Å². The summed E-state index contributed by atoms with van der Waals surface area (Å²) in [6.45, 7) is 4.47. The summed E-state index contributed by atoms with van der Waals surface area (Å²) < 4.78 is 14.0. The summed E-state index contributed by atoms with van der Waals surface area (Å²) in [7, 11) is 0. The molecule has 1 fully saturated rings. The molecule has 0 bridgehead atoms. The third-order valence-electron chi connectivity index (χ3n) is 4.25. The van der Waals surface area contributed by atoms with E-state index in [4.69, 9.17) is 17.3 Å². The van der Waals surface area contributed by atoms with Crippen molar-refractivity contribution in [1.82, 2.24) is 0 Å². The van der Waals surface area contributed by atoms with Crippen LogP contribution >= 0.6 is 11.6 Å². The fourth-order valence-corrected chi connectivity index (χ4v) is 3.15. The molecule has 0 spiro atoms. The Bertz CT molecular complexity index is 419. The topological polar surface area (TPSA) is 26.0 Å². The van der Waals surface area contributed by atoms with Gasteiger partial charge < -0.3 is 5.73 Å². The van der Waals surface area contributed by atoms with Crippen molar-refractivity contribution in [3.8, 4) is 0 Å². The van der Waals surface area contributed by atoms with E-state index >= 15 is 0 Å². The molecule has 3 heteroatoms. The van der Waals surface area contributed by atoms with E-state index in [2.05, 4.69) is 13.8 Å². The van der Waals surface area contributed by atoms with Gasteiger partial charge in [-0.3, -0.25) is 0 Å². The van der Waals surface area contributed by atoms with Gasteiger partial charge in [-0.2, -0.15) is 0 Å². The normalized spacial score (nSPS) is 28.7. The Labute approximate surface area is 114 Å². The maximum absolute atomic E-state index is 14.0. The van der Waals surface area contributed by atoms with Crippen molar-refractivity contribution >= 4 is 11.6 Å². The largest absolute Gasteiger partial charge is 0.327 e. The molecule has 1 aliphatic carbocycles. The molecule has 0 amide bonds. The Morgan fingerprint density at radius 2 is 2.06 bits per heavy atom. The minimum atomic E-state index is -0.215. The summed E-state index contributed by atoms with van der Waals surface area (Å²) in [5, 5.41) is 0.445. The molecule has 1 aliphatic rings. The highest BCUT2D eigenvalue weighted by Gasteiger charge is 2.32. The summed E-state index contributed by atoms with van der Waals surface area (Å²) in [5.41, 5.74) is 6.91. The second kappa shape index (κ2) is 5.58. The molecule has 3 atom stereocenters. The second-order valence-electron chi connectivity index (χ2n) is 5.75. The van der Waals surface area contributed by atoms with Crippen LogP contribution in [-0.4, -0.2) is 6.04 Å². The standard InChI is InChI=1S/C15H21ClFN/c1-9(2)10-3-6-15(18)13(7-10)12-5-4-11(16)8-14(12)17/h4-5,8-10,13,15H,3,6-7,18H2,1-2H3. The lowest BCUT2D eigenvalue weighted by Crippen LogP contribution is -2.36. The third-order valence-corrected chi connectivity index (χ3v) is 4.48. The van der Waals surface area contributed by atoms with Crippen LogP contribution in [0.25, 0.3) is 0 Å². The lowest BCUT2D eigenvalue weighted by atomic mass is 9.71. The van der Waals surface area contributed by atoms with Gasteiger partial charge in [0.2, 0.25) is 0 Å². The van der Waals surface area contributed by atoms with Crippen molar-refractivity contribution in [1.29, 1.82) is 0 Å². The van der Waals surface area contributed by atoms with Crippen LogP contribution < -0.4 is 5.73 Å². The molecule has 1 aromatic rings. The van der Waals surface area contributed by atoms with Crippen molar-refractivity contribution in [3.05, 3.63) is 34.6 Å². The Hall–Kier alpha value is -0.600. The zero-order valence-electron chi connectivity index (χ0n) is 11.0. The summed E-state index contributed by atoms with van der Waals surface area (Å²) >= 11 is 5.80. The molecule has 0 saturated heterocycles. The average molecular weight is 270 g/mol. The molecule has 0 aromatic heterocycles. The molecule has 0 radical (unpaired) electrons.